The molecule has 0 aliphatic carbocycles. The van der Waals surface area contributed by atoms with Crippen LogP contribution in [0.4, 0.5) is 13.2 Å². The highest BCUT2D eigenvalue weighted by molar-refractivity contribution is 5.78. The molecule has 0 saturated carbocycles. The molecule has 4 nitrogen and oxygen atoms in total. The van der Waals surface area contributed by atoms with Crippen LogP contribution in [0.5, 0.6) is 5.88 Å². The molecule has 7 heteroatoms. The number of hydrogen-bond donors (Lipinski definition) is 0. The van der Waals surface area contributed by atoms with Crippen LogP contribution < -0.4 is 4.74 Å². The molecule has 0 aromatic carbocycles. The van der Waals surface area contributed by atoms with E-state index in [-0.39, 0.29) is 18.1 Å². The minimum atomic E-state index is -4.41. The molecular formula is C18H23F3N2O2. The molecule has 1 rings (SSSR count). The lowest BCUT2D eigenvalue weighted by Gasteiger charge is -2.08. The summed E-state index contributed by atoms with van der Waals surface area (Å²) in [4.78, 5) is 11.3. The second-order valence-corrected chi connectivity index (χ2v) is 5.48. The molecule has 0 spiro atoms. The van der Waals surface area contributed by atoms with E-state index in [1.165, 1.54) is 30.9 Å². The maximum Gasteiger partial charge on any atom is 0.416 e. The summed E-state index contributed by atoms with van der Waals surface area (Å²) in [6.45, 7) is 4.96. The van der Waals surface area contributed by atoms with E-state index in [1.807, 2.05) is 6.92 Å². The second kappa shape index (κ2) is 9.25. The van der Waals surface area contributed by atoms with Gasteiger partial charge in [0.05, 0.1) is 18.4 Å². The number of methoxy groups -OCH3 is 1. The first-order chi connectivity index (χ1) is 11.7. The lowest BCUT2D eigenvalue weighted by Crippen LogP contribution is -2.10. The number of nitrogens with zero attached hydrogens (tertiary/aromatic N) is 2. The smallest absolute Gasteiger partial charge is 0.416 e. The monoisotopic (exact) mass is 356 g/mol. The van der Waals surface area contributed by atoms with E-state index in [1.54, 1.807) is 19.2 Å². The van der Waals surface area contributed by atoms with E-state index in [0.29, 0.717) is 24.1 Å². The van der Waals surface area contributed by atoms with Crippen LogP contribution in [-0.4, -0.2) is 28.8 Å². The Morgan fingerprint density at radius 1 is 1.36 bits per heavy atom. The van der Waals surface area contributed by atoms with Crippen molar-refractivity contribution in [2.75, 3.05) is 7.11 Å². The third-order valence-corrected chi connectivity index (χ3v) is 3.36. The zero-order valence-corrected chi connectivity index (χ0v) is 14.9. The number of hydrogen-bond acceptors (Lipinski definition) is 3. The van der Waals surface area contributed by atoms with Gasteiger partial charge in [0, 0.05) is 18.2 Å². The third kappa shape index (κ3) is 6.25. The van der Waals surface area contributed by atoms with E-state index >= 15 is 0 Å². The average molecular weight is 356 g/mol. The van der Waals surface area contributed by atoms with Gasteiger partial charge in [0.15, 0.2) is 0 Å². The quantitative estimate of drug-likeness (QED) is 0.633. The van der Waals surface area contributed by atoms with Crippen molar-refractivity contribution in [1.29, 1.82) is 0 Å². The number of allylic oxidation sites excluding steroid dienone is 6. The molecule has 25 heavy (non-hydrogen) atoms. The average Bonchev–Trinajstić information content (AvgIpc) is 2.91. The van der Waals surface area contributed by atoms with Crippen LogP contribution in [0.2, 0.25) is 0 Å². The number of ether oxygens (including phenoxy) is 1. The fourth-order valence-electron chi connectivity index (χ4n) is 2.15. The van der Waals surface area contributed by atoms with Crippen LogP contribution in [0.25, 0.3) is 5.70 Å². The Labute approximate surface area is 145 Å². The molecule has 0 fully saturated rings. The summed E-state index contributed by atoms with van der Waals surface area (Å²) in [6, 6.07) is 0. The standard InChI is InChI=1S/C18H23F3N2O2/c1-5-7-8-15(18(19,20)21)9-10-16(6-2)23-12-14(11-13(3)24)17(22-23)25-4/h6,8-10,12H,5,7,11H2,1-4H3/b10-9-,15-8-,16-6+. The van der Waals surface area contributed by atoms with Crippen LogP contribution in [0.3, 0.4) is 0 Å². The molecule has 138 valence electrons. The Kier molecular flexibility index (Phi) is 7.67. The van der Waals surface area contributed by atoms with Crippen molar-refractivity contribution in [3.63, 3.8) is 0 Å². The van der Waals surface area contributed by atoms with Gasteiger partial charge in [-0.3, -0.25) is 4.79 Å². The maximum atomic E-state index is 13.0. The van der Waals surface area contributed by atoms with Crippen LogP contribution in [0.15, 0.2) is 36.1 Å². The summed E-state index contributed by atoms with van der Waals surface area (Å²) in [5.74, 6) is 0.220. The van der Waals surface area contributed by atoms with Crippen molar-refractivity contribution >= 4 is 11.5 Å². The Bertz CT molecular complexity index is 683. The van der Waals surface area contributed by atoms with Gasteiger partial charge < -0.3 is 4.74 Å². The summed E-state index contributed by atoms with van der Waals surface area (Å²) in [7, 11) is 1.43. The summed E-state index contributed by atoms with van der Waals surface area (Å²) < 4.78 is 45.7. The van der Waals surface area contributed by atoms with Gasteiger partial charge in [-0.15, -0.1) is 5.10 Å². The molecule has 0 aliphatic rings. The Hall–Kier alpha value is -2.31. The number of unbranched alkanes of at least 4 members (excludes halogenated alkanes) is 1. The fourth-order valence-corrected chi connectivity index (χ4v) is 2.15. The van der Waals surface area contributed by atoms with E-state index in [4.69, 9.17) is 4.74 Å². The molecule has 0 bridgehead atoms. The van der Waals surface area contributed by atoms with Crippen LogP contribution in [0, 0.1) is 0 Å². The molecule has 0 aliphatic heterocycles. The number of aromatic nitrogens is 2. The molecule has 1 aromatic heterocycles. The number of Topliss-reactive ketones (excluding diaryl/α,β-unsaturated/α-hetero) is 1. The van der Waals surface area contributed by atoms with E-state index in [2.05, 4.69) is 5.10 Å². The maximum absolute atomic E-state index is 13.0. The number of carbonyl (C=O) groups is 1. The van der Waals surface area contributed by atoms with Crippen LogP contribution >= 0.6 is 0 Å². The topological polar surface area (TPSA) is 44.1 Å². The normalized spacial score (nSPS) is 13.6. The predicted molar refractivity (Wildman–Crippen MR) is 91.3 cm³/mol. The van der Waals surface area contributed by atoms with Crippen LogP contribution in [0.1, 0.15) is 39.2 Å². The highest BCUT2D eigenvalue weighted by atomic mass is 19.4. The molecular weight excluding hydrogens is 333 g/mol. The van der Waals surface area contributed by atoms with Crippen molar-refractivity contribution < 1.29 is 22.7 Å². The highest BCUT2D eigenvalue weighted by Gasteiger charge is 2.31. The van der Waals surface area contributed by atoms with Crippen molar-refractivity contribution in [2.45, 2.75) is 46.2 Å². The zero-order chi connectivity index (χ0) is 19.0. The zero-order valence-electron chi connectivity index (χ0n) is 14.9. The number of rotatable bonds is 8. The van der Waals surface area contributed by atoms with Gasteiger partial charge in [-0.2, -0.15) is 13.2 Å². The minimum Gasteiger partial charge on any atom is -0.480 e. The van der Waals surface area contributed by atoms with Gasteiger partial charge in [0.1, 0.15) is 5.78 Å². The van der Waals surface area contributed by atoms with Gasteiger partial charge in [0.25, 0.3) is 0 Å². The van der Waals surface area contributed by atoms with E-state index in [0.717, 1.165) is 6.08 Å². The number of alkyl halides is 3. The Morgan fingerprint density at radius 3 is 2.52 bits per heavy atom. The number of carbonyl (C=O) groups excluding carboxylic acids is 1. The SMILES string of the molecule is C\C=C(/C=C\C(=C\CCC)C(F)(F)F)n1cc(CC(C)=O)c(OC)n1. The summed E-state index contributed by atoms with van der Waals surface area (Å²) in [5.41, 5.74) is 0.330. The van der Waals surface area contributed by atoms with Gasteiger partial charge in [0.2, 0.25) is 5.88 Å². The molecule has 0 unspecified atom stereocenters. The summed E-state index contributed by atoms with van der Waals surface area (Å²) >= 11 is 0. The molecule has 0 saturated heterocycles. The molecule has 0 atom stereocenters. The summed E-state index contributed by atoms with van der Waals surface area (Å²) in [5, 5.41) is 4.18. The first kappa shape index (κ1) is 20.7. The Morgan fingerprint density at radius 2 is 2.04 bits per heavy atom. The van der Waals surface area contributed by atoms with Gasteiger partial charge >= 0.3 is 6.18 Å². The first-order valence-corrected chi connectivity index (χ1v) is 7.97. The van der Waals surface area contributed by atoms with Gasteiger partial charge in [-0.05, 0) is 32.4 Å². The lowest BCUT2D eigenvalue weighted by molar-refractivity contribution is -0.116. The predicted octanol–water partition coefficient (Wildman–Crippen LogP) is 4.73. The third-order valence-electron chi connectivity index (χ3n) is 3.36. The fraction of sp³-hybridized carbons (Fsp3) is 0.444. The molecule has 1 heterocycles. The first-order valence-electron chi connectivity index (χ1n) is 7.97. The largest absolute Gasteiger partial charge is 0.480 e. The molecule has 1 aromatic rings. The Balaban J connectivity index is 3.14. The molecule has 0 amide bonds. The van der Waals surface area contributed by atoms with Crippen molar-refractivity contribution in [3.8, 4) is 5.88 Å². The van der Waals surface area contributed by atoms with Gasteiger partial charge in [-0.25, -0.2) is 4.68 Å². The molecule has 0 radical (unpaired) electrons. The number of halogens is 3. The lowest BCUT2D eigenvalue weighted by atomic mass is 10.1. The highest BCUT2D eigenvalue weighted by Crippen LogP contribution is 2.28. The second-order valence-electron chi connectivity index (χ2n) is 5.48. The van der Waals surface area contributed by atoms with Crippen molar-refractivity contribution in [3.05, 3.63) is 41.6 Å². The van der Waals surface area contributed by atoms with E-state index in [9.17, 15) is 18.0 Å². The van der Waals surface area contributed by atoms with Crippen LogP contribution in [-0.2, 0) is 11.2 Å². The van der Waals surface area contributed by atoms with Crippen molar-refractivity contribution in [2.24, 2.45) is 0 Å². The van der Waals surface area contributed by atoms with Gasteiger partial charge in [-0.1, -0.05) is 25.5 Å². The van der Waals surface area contributed by atoms with Crippen molar-refractivity contribution in [1.82, 2.24) is 9.78 Å². The number of ketones is 1. The minimum absolute atomic E-state index is 0.0581. The molecule has 0 N–H and O–H groups in total. The summed E-state index contributed by atoms with van der Waals surface area (Å²) in [6.07, 6.45) is 3.49. The van der Waals surface area contributed by atoms with E-state index < -0.39 is 11.7 Å².